The summed E-state index contributed by atoms with van der Waals surface area (Å²) in [6.45, 7) is 8.42. The van der Waals surface area contributed by atoms with Gasteiger partial charge in [0.05, 0.1) is 12.8 Å². The van der Waals surface area contributed by atoms with Gasteiger partial charge in [-0.15, -0.1) is 0 Å². The molecule has 1 aromatic heterocycles. The molecule has 0 spiro atoms. The van der Waals surface area contributed by atoms with Crippen molar-refractivity contribution in [2.45, 2.75) is 26.8 Å². The minimum atomic E-state index is -0.339. The fourth-order valence-corrected chi connectivity index (χ4v) is 3.67. The highest BCUT2D eigenvalue weighted by Crippen LogP contribution is 2.33. The first-order valence-electron chi connectivity index (χ1n) is 9.31. The van der Waals surface area contributed by atoms with Crippen LogP contribution in [0.15, 0.2) is 18.2 Å². The Morgan fingerprint density at radius 1 is 1.00 bits per heavy atom. The third kappa shape index (κ3) is 3.83. The third-order valence-corrected chi connectivity index (χ3v) is 5.46. The number of hydrogen-bond donors (Lipinski definition) is 2. The molecule has 27 heavy (non-hydrogen) atoms. The second kappa shape index (κ2) is 8.08. The van der Waals surface area contributed by atoms with Gasteiger partial charge in [0.15, 0.2) is 23.3 Å². The van der Waals surface area contributed by atoms with Crippen molar-refractivity contribution in [1.29, 1.82) is 0 Å². The monoisotopic (exact) mass is 377 g/mol. The van der Waals surface area contributed by atoms with E-state index in [0.29, 0.717) is 12.3 Å². The molecule has 1 fully saturated rings. The third-order valence-electron chi connectivity index (χ3n) is 5.46. The Kier molecular flexibility index (Phi) is 5.79. The van der Waals surface area contributed by atoms with Crippen LogP contribution in [0.1, 0.15) is 17.5 Å². The molecule has 6 nitrogen and oxygen atoms in total. The lowest BCUT2D eigenvalue weighted by molar-refractivity contribution is 0.245. The van der Waals surface area contributed by atoms with Gasteiger partial charge < -0.3 is 19.8 Å². The van der Waals surface area contributed by atoms with Crippen LogP contribution in [0.5, 0.6) is 17.5 Å². The summed E-state index contributed by atoms with van der Waals surface area (Å²) in [4.78, 5) is 4.49. The fourth-order valence-electron chi connectivity index (χ4n) is 3.67. The number of anilines is 1. The number of ether oxygens (including phenoxy) is 1. The van der Waals surface area contributed by atoms with Gasteiger partial charge in [-0.05, 0) is 38.9 Å². The van der Waals surface area contributed by atoms with Crippen molar-refractivity contribution in [3.63, 3.8) is 0 Å². The lowest BCUT2D eigenvalue weighted by atomic mass is 10.2. The lowest BCUT2D eigenvalue weighted by Crippen LogP contribution is -2.46. The minimum Gasteiger partial charge on any atom is -0.494 e. The lowest BCUT2D eigenvalue weighted by Gasteiger charge is -2.36. The Labute approximate surface area is 159 Å². The van der Waals surface area contributed by atoms with E-state index in [9.17, 15) is 14.6 Å². The van der Waals surface area contributed by atoms with Crippen LogP contribution in [0.25, 0.3) is 0 Å². The van der Waals surface area contributed by atoms with Crippen LogP contribution in [-0.4, -0.2) is 59.5 Å². The topological polar surface area (TPSA) is 61.1 Å². The van der Waals surface area contributed by atoms with E-state index >= 15 is 0 Å². The molecule has 1 saturated heterocycles. The Hall–Kier alpha value is -2.41. The zero-order chi connectivity index (χ0) is 19.6. The summed E-state index contributed by atoms with van der Waals surface area (Å²) in [6.07, 6.45) is 0.831. The first kappa shape index (κ1) is 19.4. The number of rotatable bonds is 6. The highest BCUT2D eigenvalue weighted by molar-refractivity contribution is 5.59. The summed E-state index contributed by atoms with van der Waals surface area (Å²) < 4.78 is 20.7. The van der Waals surface area contributed by atoms with Crippen LogP contribution in [0.3, 0.4) is 0 Å². The Balaban J connectivity index is 1.52. The number of aromatic nitrogens is 1. The summed E-state index contributed by atoms with van der Waals surface area (Å²) in [5.41, 5.74) is 2.25. The van der Waals surface area contributed by atoms with E-state index in [1.165, 1.54) is 13.2 Å². The largest absolute Gasteiger partial charge is 0.494 e. The zero-order valence-corrected chi connectivity index (χ0v) is 16.2. The molecule has 1 aliphatic rings. The van der Waals surface area contributed by atoms with E-state index in [-0.39, 0.29) is 17.6 Å². The second-order valence-corrected chi connectivity index (χ2v) is 7.02. The summed E-state index contributed by atoms with van der Waals surface area (Å²) in [6, 6.07) is 5.01. The van der Waals surface area contributed by atoms with Crippen LogP contribution in [-0.2, 0) is 6.54 Å². The second-order valence-electron chi connectivity index (χ2n) is 7.02. The maximum absolute atomic E-state index is 13.9. The number of halogens is 1. The molecule has 7 heteroatoms. The molecule has 0 bridgehead atoms. The summed E-state index contributed by atoms with van der Waals surface area (Å²) >= 11 is 0. The molecule has 0 radical (unpaired) electrons. The Bertz CT molecular complexity index is 773. The predicted octanol–water partition coefficient (Wildman–Crippen LogP) is 2.88. The predicted molar refractivity (Wildman–Crippen MR) is 103 cm³/mol. The normalized spacial score (nSPS) is 15.3. The van der Waals surface area contributed by atoms with Gasteiger partial charge in [0.1, 0.15) is 0 Å². The summed E-state index contributed by atoms with van der Waals surface area (Å²) in [5, 5.41) is 20.2. The highest BCUT2D eigenvalue weighted by atomic mass is 19.1. The molecule has 148 valence electrons. The van der Waals surface area contributed by atoms with Gasteiger partial charge in [-0.2, -0.15) is 0 Å². The smallest absolute Gasteiger partial charge is 0.197 e. The van der Waals surface area contributed by atoms with E-state index in [0.717, 1.165) is 56.0 Å². The number of aromatic hydroxyl groups is 2. The van der Waals surface area contributed by atoms with Crippen molar-refractivity contribution >= 4 is 5.69 Å². The van der Waals surface area contributed by atoms with Crippen molar-refractivity contribution in [3.05, 3.63) is 35.1 Å². The standard InChI is InChI=1S/C20H28FN3O3/c1-14-15(2)20(26)24(19(14)25)9-5-8-22-10-12-23(13-11-22)17-7-4-6-16(21)18(17)27-3/h4,6-7,25-26H,5,8-13H2,1-3H3. The van der Waals surface area contributed by atoms with Crippen molar-refractivity contribution in [2.24, 2.45) is 0 Å². The molecular weight excluding hydrogens is 349 g/mol. The van der Waals surface area contributed by atoms with Gasteiger partial charge in [-0.3, -0.25) is 9.47 Å². The molecule has 1 aromatic carbocycles. The van der Waals surface area contributed by atoms with Gasteiger partial charge >= 0.3 is 0 Å². The van der Waals surface area contributed by atoms with Gasteiger partial charge in [0.25, 0.3) is 0 Å². The number of benzene rings is 1. The number of piperazine rings is 1. The first-order chi connectivity index (χ1) is 12.9. The van der Waals surface area contributed by atoms with Gasteiger partial charge in [-0.25, -0.2) is 4.39 Å². The van der Waals surface area contributed by atoms with Crippen LogP contribution < -0.4 is 9.64 Å². The van der Waals surface area contributed by atoms with Crippen LogP contribution >= 0.6 is 0 Å². The van der Waals surface area contributed by atoms with Crippen molar-refractivity contribution < 1.29 is 19.3 Å². The van der Waals surface area contributed by atoms with E-state index in [4.69, 9.17) is 4.74 Å². The summed E-state index contributed by atoms with van der Waals surface area (Å²) in [7, 11) is 1.49. The van der Waals surface area contributed by atoms with Crippen molar-refractivity contribution in [2.75, 3.05) is 44.7 Å². The molecule has 0 unspecified atom stereocenters. The molecule has 0 amide bonds. The van der Waals surface area contributed by atoms with Crippen LogP contribution in [0.2, 0.25) is 0 Å². The Morgan fingerprint density at radius 2 is 1.63 bits per heavy atom. The van der Waals surface area contributed by atoms with Crippen molar-refractivity contribution in [1.82, 2.24) is 9.47 Å². The molecule has 2 aromatic rings. The van der Waals surface area contributed by atoms with Gasteiger partial charge in [0, 0.05) is 43.9 Å². The molecule has 0 saturated carbocycles. The van der Waals surface area contributed by atoms with Gasteiger partial charge in [0.2, 0.25) is 0 Å². The molecule has 3 rings (SSSR count). The maximum Gasteiger partial charge on any atom is 0.197 e. The Morgan fingerprint density at radius 3 is 2.22 bits per heavy atom. The van der Waals surface area contributed by atoms with Crippen LogP contribution in [0.4, 0.5) is 10.1 Å². The number of methoxy groups -OCH3 is 1. The van der Waals surface area contributed by atoms with E-state index in [2.05, 4.69) is 9.80 Å². The van der Waals surface area contributed by atoms with Crippen molar-refractivity contribution in [3.8, 4) is 17.5 Å². The zero-order valence-electron chi connectivity index (χ0n) is 16.2. The highest BCUT2D eigenvalue weighted by Gasteiger charge is 2.21. The molecule has 2 heterocycles. The average Bonchev–Trinajstić information content (AvgIpc) is 2.86. The molecule has 0 aliphatic carbocycles. The van der Waals surface area contributed by atoms with E-state index in [1.54, 1.807) is 24.5 Å². The average molecular weight is 377 g/mol. The summed E-state index contributed by atoms with van der Waals surface area (Å²) in [5.74, 6) is 0.255. The van der Waals surface area contributed by atoms with E-state index < -0.39 is 0 Å². The SMILES string of the molecule is COc1c(F)cccc1N1CCN(CCCn2c(O)c(C)c(C)c2O)CC1. The maximum atomic E-state index is 13.9. The number of para-hydroxylation sites is 1. The van der Waals surface area contributed by atoms with Gasteiger partial charge in [-0.1, -0.05) is 6.07 Å². The molecular formula is C20H28FN3O3. The van der Waals surface area contributed by atoms with Crippen LogP contribution in [0, 0.1) is 19.7 Å². The molecule has 0 atom stereocenters. The van der Waals surface area contributed by atoms with E-state index in [1.807, 2.05) is 6.07 Å². The fraction of sp³-hybridized carbons (Fsp3) is 0.500. The number of nitrogens with zero attached hydrogens (tertiary/aromatic N) is 3. The molecule has 2 N–H and O–H groups in total. The first-order valence-corrected chi connectivity index (χ1v) is 9.31. The minimum absolute atomic E-state index is 0.146. The quantitative estimate of drug-likeness (QED) is 0.811. The number of hydrogen-bond acceptors (Lipinski definition) is 5. The molecule has 1 aliphatic heterocycles.